The van der Waals surface area contributed by atoms with Gasteiger partial charge in [-0.2, -0.15) is 0 Å². The summed E-state index contributed by atoms with van der Waals surface area (Å²) in [5.41, 5.74) is 0.403. The fourth-order valence-electron chi connectivity index (χ4n) is 3.95. The highest BCUT2D eigenvalue weighted by Gasteiger charge is 2.41. The van der Waals surface area contributed by atoms with Crippen molar-refractivity contribution in [3.8, 4) is 0 Å². The molecule has 0 saturated carbocycles. The number of carbonyl (C=O) groups excluding carboxylic acids is 2. The number of aliphatic carboxylic acids is 1. The lowest BCUT2D eigenvalue weighted by molar-refractivity contribution is -0.143. The quantitative estimate of drug-likeness (QED) is 0.892. The third kappa shape index (κ3) is 3.57. The van der Waals surface area contributed by atoms with Gasteiger partial charge in [-0.15, -0.1) is 0 Å². The van der Waals surface area contributed by atoms with Gasteiger partial charge < -0.3 is 14.9 Å². The molecular formula is C19H23FN2O4. The molecule has 3 rings (SSSR count). The highest BCUT2D eigenvalue weighted by Crippen LogP contribution is 2.28. The third-order valence-corrected chi connectivity index (χ3v) is 5.50. The van der Waals surface area contributed by atoms with Gasteiger partial charge in [0.25, 0.3) is 5.91 Å². The molecule has 0 bridgehead atoms. The maximum atomic E-state index is 13.0. The van der Waals surface area contributed by atoms with E-state index in [1.807, 2.05) is 0 Å². The van der Waals surface area contributed by atoms with E-state index in [1.165, 1.54) is 24.3 Å². The lowest BCUT2D eigenvalue weighted by atomic mass is 9.95. The zero-order valence-corrected chi connectivity index (χ0v) is 14.7. The summed E-state index contributed by atoms with van der Waals surface area (Å²) in [7, 11) is 0. The fraction of sp³-hybridized carbons (Fsp3) is 0.526. The van der Waals surface area contributed by atoms with E-state index in [2.05, 4.69) is 0 Å². The molecule has 3 atom stereocenters. The van der Waals surface area contributed by atoms with E-state index in [4.69, 9.17) is 0 Å². The van der Waals surface area contributed by atoms with Crippen molar-refractivity contribution < 1.29 is 23.9 Å². The van der Waals surface area contributed by atoms with Gasteiger partial charge in [-0.25, -0.2) is 4.39 Å². The van der Waals surface area contributed by atoms with Gasteiger partial charge in [-0.1, -0.05) is 0 Å². The second-order valence-electron chi connectivity index (χ2n) is 7.10. The Morgan fingerprint density at radius 1 is 1.12 bits per heavy atom. The molecule has 1 N–H and O–H groups in total. The van der Waals surface area contributed by atoms with Crippen molar-refractivity contribution >= 4 is 17.8 Å². The zero-order chi connectivity index (χ0) is 18.8. The Morgan fingerprint density at radius 3 is 2.42 bits per heavy atom. The fourth-order valence-corrected chi connectivity index (χ4v) is 3.95. The van der Waals surface area contributed by atoms with Crippen LogP contribution in [-0.2, 0) is 9.59 Å². The van der Waals surface area contributed by atoms with Crippen molar-refractivity contribution in [3.63, 3.8) is 0 Å². The van der Waals surface area contributed by atoms with Crippen LogP contribution >= 0.6 is 0 Å². The number of carboxylic acids is 1. The van der Waals surface area contributed by atoms with Crippen molar-refractivity contribution in [1.82, 2.24) is 9.80 Å². The summed E-state index contributed by atoms with van der Waals surface area (Å²) in [5, 5.41) is 9.24. The topological polar surface area (TPSA) is 77.9 Å². The van der Waals surface area contributed by atoms with Crippen molar-refractivity contribution in [2.45, 2.75) is 32.2 Å². The number of nitrogens with zero attached hydrogens (tertiary/aromatic N) is 2. The Bertz CT molecular complexity index is 706. The van der Waals surface area contributed by atoms with E-state index < -0.39 is 17.7 Å². The Kier molecular flexibility index (Phi) is 5.25. The standard InChI is InChI=1S/C19H23FN2O4/c1-12-16(19(25)26)8-10-22(12)18(24)14-3-2-9-21(11-14)17(23)13-4-6-15(20)7-5-13/h4-7,12,14,16H,2-3,8-11H2,1H3,(H,25,26). The number of likely N-dealkylation sites (tertiary alicyclic amines) is 2. The summed E-state index contributed by atoms with van der Waals surface area (Å²) >= 11 is 0. The molecule has 1 aromatic carbocycles. The predicted molar refractivity (Wildman–Crippen MR) is 91.9 cm³/mol. The molecule has 2 aliphatic rings. The van der Waals surface area contributed by atoms with Crippen molar-refractivity contribution in [1.29, 1.82) is 0 Å². The number of hydrogen-bond acceptors (Lipinski definition) is 3. The highest BCUT2D eigenvalue weighted by atomic mass is 19.1. The summed E-state index contributed by atoms with van der Waals surface area (Å²) in [6, 6.07) is 5.06. The Hall–Kier alpha value is -2.44. The Labute approximate surface area is 151 Å². The van der Waals surface area contributed by atoms with Gasteiger partial charge in [0.05, 0.1) is 11.8 Å². The normalized spacial score (nSPS) is 26.0. The molecule has 0 aliphatic carbocycles. The Morgan fingerprint density at radius 2 is 1.81 bits per heavy atom. The van der Waals surface area contributed by atoms with Crippen molar-refractivity contribution in [2.24, 2.45) is 11.8 Å². The van der Waals surface area contributed by atoms with Crippen molar-refractivity contribution in [2.75, 3.05) is 19.6 Å². The first-order chi connectivity index (χ1) is 12.4. The van der Waals surface area contributed by atoms with Crippen LogP contribution < -0.4 is 0 Å². The molecule has 140 valence electrons. The zero-order valence-electron chi connectivity index (χ0n) is 14.7. The summed E-state index contributed by atoms with van der Waals surface area (Å²) in [6.07, 6.45) is 1.87. The van der Waals surface area contributed by atoms with Gasteiger partial charge in [-0.05, 0) is 50.5 Å². The summed E-state index contributed by atoms with van der Waals surface area (Å²) in [6.45, 7) is 3.09. The molecule has 0 aromatic heterocycles. The van der Waals surface area contributed by atoms with Crippen molar-refractivity contribution in [3.05, 3.63) is 35.6 Å². The first-order valence-electron chi connectivity index (χ1n) is 8.96. The predicted octanol–water partition coefficient (Wildman–Crippen LogP) is 2.00. The third-order valence-electron chi connectivity index (χ3n) is 5.50. The van der Waals surface area contributed by atoms with Crippen LogP contribution in [0.4, 0.5) is 4.39 Å². The molecule has 0 spiro atoms. The van der Waals surface area contributed by atoms with E-state index >= 15 is 0 Å². The van der Waals surface area contributed by atoms with Crippen LogP contribution in [0.3, 0.4) is 0 Å². The lowest BCUT2D eigenvalue weighted by Gasteiger charge is -2.35. The van der Waals surface area contributed by atoms with E-state index in [0.717, 1.165) is 0 Å². The van der Waals surface area contributed by atoms with Crippen LogP contribution in [0.25, 0.3) is 0 Å². The van der Waals surface area contributed by atoms with Gasteiger partial charge in [0.2, 0.25) is 5.91 Å². The maximum absolute atomic E-state index is 13.0. The molecular weight excluding hydrogens is 339 g/mol. The number of rotatable bonds is 3. The van der Waals surface area contributed by atoms with E-state index in [0.29, 0.717) is 44.5 Å². The average Bonchev–Trinajstić information content (AvgIpc) is 3.03. The maximum Gasteiger partial charge on any atom is 0.308 e. The smallest absolute Gasteiger partial charge is 0.308 e. The van der Waals surface area contributed by atoms with Crippen LogP contribution in [0.15, 0.2) is 24.3 Å². The van der Waals surface area contributed by atoms with Crippen LogP contribution in [0.1, 0.15) is 36.5 Å². The molecule has 0 radical (unpaired) electrons. The number of amides is 2. The minimum atomic E-state index is -0.871. The van der Waals surface area contributed by atoms with E-state index in [-0.39, 0.29) is 23.8 Å². The van der Waals surface area contributed by atoms with Crippen LogP contribution in [0.5, 0.6) is 0 Å². The molecule has 7 heteroatoms. The molecule has 2 saturated heterocycles. The van der Waals surface area contributed by atoms with Gasteiger partial charge in [0, 0.05) is 31.2 Å². The molecule has 2 heterocycles. The molecule has 2 fully saturated rings. The Balaban J connectivity index is 1.66. The van der Waals surface area contributed by atoms with Gasteiger partial charge >= 0.3 is 5.97 Å². The minimum Gasteiger partial charge on any atom is -0.481 e. The number of carboxylic acid groups (broad SMARTS) is 1. The highest BCUT2D eigenvalue weighted by molar-refractivity contribution is 5.94. The lowest BCUT2D eigenvalue weighted by Crippen LogP contribution is -2.48. The molecule has 2 aliphatic heterocycles. The van der Waals surface area contributed by atoms with Gasteiger partial charge in [-0.3, -0.25) is 14.4 Å². The van der Waals surface area contributed by atoms with Crippen LogP contribution in [-0.4, -0.2) is 58.4 Å². The summed E-state index contributed by atoms with van der Waals surface area (Å²) in [4.78, 5) is 40.0. The van der Waals surface area contributed by atoms with Gasteiger partial charge in [0.15, 0.2) is 0 Å². The summed E-state index contributed by atoms with van der Waals surface area (Å²) in [5.74, 6) is -2.39. The monoisotopic (exact) mass is 362 g/mol. The van der Waals surface area contributed by atoms with Crippen LogP contribution in [0, 0.1) is 17.7 Å². The van der Waals surface area contributed by atoms with E-state index in [1.54, 1.807) is 16.7 Å². The largest absolute Gasteiger partial charge is 0.481 e. The molecule has 6 nitrogen and oxygen atoms in total. The molecule has 26 heavy (non-hydrogen) atoms. The molecule has 3 unspecified atom stereocenters. The first-order valence-corrected chi connectivity index (χ1v) is 8.96. The average molecular weight is 362 g/mol. The second kappa shape index (κ2) is 7.43. The molecule has 1 aromatic rings. The SMILES string of the molecule is CC1C(C(=O)O)CCN1C(=O)C1CCCN(C(=O)c2ccc(F)cc2)C1. The minimum absolute atomic E-state index is 0.0714. The second-order valence-corrected chi connectivity index (χ2v) is 7.10. The summed E-state index contributed by atoms with van der Waals surface area (Å²) < 4.78 is 13.0. The first kappa shape index (κ1) is 18.4. The number of carbonyl (C=O) groups is 3. The number of halogens is 1. The number of benzene rings is 1. The van der Waals surface area contributed by atoms with Gasteiger partial charge in [0.1, 0.15) is 5.82 Å². The number of piperidine rings is 1. The van der Waals surface area contributed by atoms with Crippen LogP contribution in [0.2, 0.25) is 0 Å². The van der Waals surface area contributed by atoms with E-state index in [9.17, 15) is 23.9 Å². The molecule has 2 amide bonds. The number of hydrogen-bond donors (Lipinski definition) is 1.